The van der Waals surface area contributed by atoms with E-state index in [1.165, 1.54) is 64.2 Å². The maximum atomic E-state index is 12.2. The molecule has 4 rings (SSSR count). The summed E-state index contributed by atoms with van der Waals surface area (Å²) in [6.07, 6.45) is 13.7. The number of amides is 1. The standard InChI is InChI=1S/C24H42N2O/c1-16-11-18(3)26-21(13-16)7-5-8-22(26)15-20-12-17(2)14-24-23(20)9-6-10-25(24)19(4)27/h16-18,20-24H,5-15H2,1-4H3/t16-,17+,18+,20+,21+,22+,23+,24+/m1/s1. The number of rotatable bonds is 2. The summed E-state index contributed by atoms with van der Waals surface area (Å²) in [6.45, 7) is 10.2. The van der Waals surface area contributed by atoms with E-state index in [0.717, 1.165) is 48.3 Å². The van der Waals surface area contributed by atoms with Gasteiger partial charge in [0.1, 0.15) is 0 Å². The molecule has 0 bridgehead atoms. The van der Waals surface area contributed by atoms with Crippen LogP contribution in [-0.4, -0.2) is 46.4 Å². The normalized spacial score (nSPS) is 45.9. The molecular formula is C24H42N2O. The first-order valence-corrected chi connectivity index (χ1v) is 12.0. The first-order valence-electron chi connectivity index (χ1n) is 12.0. The molecule has 1 amide bonds. The highest BCUT2D eigenvalue weighted by Gasteiger charge is 2.45. The van der Waals surface area contributed by atoms with Gasteiger partial charge in [0.05, 0.1) is 0 Å². The van der Waals surface area contributed by atoms with Crippen molar-refractivity contribution in [1.29, 1.82) is 0 Å². The van der Waals surface area contributed by atoms with Gasteiger partial charge in [-0.2, -0.15) is 0 Å². The Bertz CT molecular complexity index is 534. The number of piperidine rings is 3. The number of fused-ring (bicyclic) bond motifs is 2. The largest absolute Gasteiger partial charge is 0.340 e. The number of carbonyl (C=O) groups excluding carboxylic acids is 1. The summed E-state index contributed by atoms with van der Waals surface area (Å²) in [4.78, 5) is 17.4. The van der Waals surface area contributed by atoms with E-state index in [4.69, 9.17) is 0 Å². The van der Waals surface area contributed by atoms with Crippen molar-refractivity contribution in [2.24, 2.45) is 23.7 Å². The second-order valence-corrected chi connectivity index (χ2v) is 10.8. The van der Waals surface area contributed by atoms with E-state index < -0.39 is 0 Å². The van der Waals surface area contributed by atoms with Crippen LogP contribution in [0.1, 0.15) is 91.9 Å². The summed E-state index contributed by atoms with van der Waals surface area (Å²) in [7, 11) is 0. The van der Waals surface area contributed by atoms with Crippen LogP contribution in [-0.2, 0) is 4.79 Å². The van der Waals surface area contributed by atoms with Gasteiger partial charge >= 0.3 is 0 Å². The molecule has 3 nitrogen and oxygen atoms in total. The monoisotopic (exact) mass is 374 g/mol. The molecule has 0 aromatic heterocycles. The fourth-order valence-corrected chi connectivity index (χ4v) is 7.80. The molecule has 3 heterocycles. The zero-order valence-corrected chi connectivity index (χ0v) is 18.2. The lowest BCUT2D eigenvalue weighted by Gasteiger charge is -2.54. The highest BCUT2D eigenvalue weighted by atomic mass is 16.2. The molecule has 154 valence electrons. The Balaban J connectivity index is 1.49. The first-order chi connectivity index (χ1) is 12.9. The number of likely N-dealkylation sites (tertiary alicyclic amines) is 1. The lowest BCUT2D eigenvalue weighted by atomic mass is 9.65. The SMILES string of the molecule is CC(=O)N1CCC[C@H]2[C@H](C[C@@H]3CCC[C@H]4C[C@H](C)C[C@H](C)N43)C[C@H](C)C[C@@H]21. The maximum Gasteiger partial charge on any atom is 0.219 e. The maximum absolute atomic E-state index is 12.2. The third-order valence-corrected chi connectivity index (χ3v) is 8.61. The third kappa shape index (κ3) is 3.95. The number of nitrogens with zero attached hydrogens (tertiary/aromatic N) is 2. The Morgan fingerprint density at radius 2 is 1.70 bits per heavy atom. The van der Waals surface area contributed by atoms with E-state index in [1.807, 2.05) is 0 Å². The van der Waals surface area contributed by atoms with Gasteiger partial charge in [-0.25, -0.2) is 0 Å². The fraction of sp³-hybridized carbons (Fsp3) is 0.958. The van der Waals surface area contributed by atoms with Crippen molar-refractivity contribution in [3.63, 3.8) is 0 Å². The molecule has 0 unspecified atom stereocenters. The van der Waals surface area contributed by atoms with Crippen LogP contribution in [0.3, 0.4) is 0 Å². The Morgan fingerprint density at radius 3 is 2.48 bits per heavy atom. The number of hydrogen-bond donors (Lipinski definition) is 0. The summed E-state index contributed by atoms with van der Waals surface area (Å²) >= 11 is 0. The molecule has 3 saturated heterocycles. The average Bonchev–Trinajstić information content (AvgIpc) is 2.60. The second kappa shape index (κ2) is 8.05. The molecule has 4 fully saturated rings. The topological polar surface area (TPSA) is 23.6 Å². The molecule has 1 saturated carbocycles. The van der Waals surface area contributed by atoms with Crippen molar-refractivity contribution in [1.82, 2.24) is 9.80 Å². The lowest BCUT2D eigenvalue weighted by Crippen LogP contribution is -2.57. The van der Waals surface area contributed by atoms with Crippen molar-refractivity contribution < 1.29 is 4.79 Å². The quantitative estimate of drug-likeness (QED) is 0.672. The van der Waals surface area contributed by atoms with E-state index in [0.29, 0.717) is 11.9 Å². The van der Waals surface area contributed by atoms with Crippen molar-refractivity contribution in [2.75, 3.05) is 6.54 Å². The van der Waals surface area contributed by atoms with Gasteiger partial charge in [0, 0.05) is 37.6 Å². The summed E-state index contributed by atoms with van der Waals surface area (Å²) in [5, 5.41) is 0. The molecule has 0 N–H and O–H groups in total. The fourth-order valence-electron chi connectivity index (χ4n) is 7.80. The Kier molecular flexibility index (Phi) is 5.88. The summed E-state index contributed by atoms with van der Waals surface area (Å²) in [5.41, 5.74) is 0. The summed E-state index contributed by atoms with van der Waals surface area (Å²) in [5.74, 6) is 3.58. The van der Waals surface area contributed by atoms with E-state index >= 15 is 0 Å². The van der Waals surface area contributed by atoms with Crippen molar-refractivity contribution in [3.05, 3.63) is 0 Å². The molecular weight excluding hydrogens is 332 g/mol. The molecule has 0 spiro atoms. The molecule has 8 atom stereocenters. The van der Waals surface area contributed by atoms with Crippen LogP contribution in [0.15, 0.2) is 0 Å². The van der Waals surface area contributed by atoms with Gasteiger partial charge in [-0.05, 0) is 88.4 Å². The molecule has 0 radical (unpaired) electrons. The molecule has 1 aliphatic carbocycles. The molecule has 3 heteroatoms. The van der Waals surface area contributed by atoms with Crippen molar-refractivity contribution in [3.8, 4) is 0 Å². The van der Waals surface area contributed by atoms with Crippen LogP contribution in [0, 0.1) is 23.7 Å². The van der Waals surface area contributed by atoms with Crippen LogP contribution >= 0.6 is 0 Å². The number of hydrogen-bond acceptors (Lipinski definition) is 2. The average molecular weight is 375 g/mol. The molecule has 0 aromatic rings. The van der Waals surface area contributed by atoms with Gasteiger partial charge in [-0.3, -0.25) is 9.69 Å². The second-order valence-electron chi connectivity index (χ2n) is 10.8. The van der Waals surface area contributed by atoms with Gasteiger partial charge in [0.15, 0.2) is 0 Å². The number of carbonyl (C=O) groups is 1. The van der Waals surface area contributed by atoms with Gasteiger partial charge in [-0.1, -0.05) is 20.3 Å². The molecule has 3 aliphatic heterocycles. The molecule has 0 aromatic carbocycles. The van der Waals surface area contributed by atoms with Gasteiger partial charge in [0.25, 0.3) is 0 Å². The summed E-state index contributed by atoms with van der Waals surface area (Å²) in [6, 6.07) is 2.94. The van der Waals surface area contributed by atoms with E-state index in [1.54, 1.807) is 6.92 Å². The van der Waals surface area contributed by atoms with Crippen LogP contribution in [0.25, 0.3) is 0 Å². The Morgan fingerprint density at radius 1 is 0.926 bits per heavy atom. The van der Waals surface area contributed by atoms with Crippen LogP contribution < -0.4 is 0 Å². The minimum absolute atomic E-state index is 0.314. The van der Waals surface area contributed by atoms with Crippen LogP contribution in [0.4, 0.5) is 0 Å². The van der Waals surface area contributed by atoms with E-state index in [2.05, 4.69) is 30.6 Å². The Labute approximate surface area is 167 Å². The van der Waals surface area contributed by atoms with Crippen molar-refractivity contribution in [2.45, 2.75) is 116 Å². The van der Waals surface area contributed by atoms with Crippen molar-refractivity contribution >= 4 is 5.91 Å². The molecule has 27 heavy (non-hydrogen) atoms. The Hall–Kier alpha value is -0.570. The van der Waals surface area contributed by atoms with Crippen LogP contribution in [0.5, 0.6) is 0 Å². The zero-order valence-electron chi connectivity index (χ0n) is 18.2. The predicted octanol–water partition coefficient (Wildman–Crippen LogP) is 5.09. The smallest absolute Gasteiger partial charge is 0.219 e. The highest BCUT2D eigenvalue weighted by molar-refractivity contribution is 5.73. The van der Waals surface area contributed by atoms with E-state index in [9.17, 15) is 4.79 Å². The minimum atomic E-state index is 0.314. The third-order valence-electron chi connectivity index (χ3n) is 8.61. The molecule has 4 aliphatic rings. The highest BCUT2D eigenvalue weighted by Crippen LogP contribution is 2.46. The first kappa shape index (κ1) is 19.7. The van der Waals surface area contributed by atoms with E-state index in [-0.39, 0.29) is 0 Å². The van der Waals surface area contributed by atoms with Gasteiger partial charge in [0.2, 0.25) is 5.91 Å². The van der Waals surface area contributed by atoms with Crippen LogP contribution in [0.2, 0.25) is 0 Å². The predicted molar refractivity (Wildman–Crippen MR) is 112 cm³/mol. The van der Waals surface area contributed by atoms with Gasteiger partial charge < -0.3 is 4.90 Å². The lowest BCUT2D eigenvalue weighted by molar-refractivity contribution is -0.137. The zero-order chi connectivity index (χ0) is 19.1. The minimum Gasteiger partial charge on any atom is -0.340 e. The summed E-state index contributed by atoms with van der Waals surface area (Å²) < 4.78 is 0. The van der Waals surface area contributed by atoms with Gasteiger partial charge in [-0.15, -0.1) is 0 Å².